The quantitative estimate of drug-likeness (QED) is 0.191. The molecule has 45 heavy (non-hydrogen) atoms. The van der Waals surface area contributed by atoms with E-state index in [1.165, 1.54) is 12.1 Å². The second-order valence-corrected chi connectivity index (χ2v) is 12.1. The van der Waals surface area contributed by atoms with Crippen LogP contribution in [0.5, 0.6) is 11.5 Å². The van der Waals surface area contributed by atoms with Gasteiger partial charge in [-0.1, -0.05) is 42.5 Å². The molecule has 2 amide bonds. The lowest BCUT2D eigenvalue weighted by atomic mass is 9.95. The van der Waals surface area contributed by atoms with E-state index in [0.717, 1.165) is 23.1 Å². The Balaban J connectivity index is 1.26. The van der Waals surface area contributed by atoms with Crippen LogP contribution in [0.2, 0.25) is 0 Å². The van der Waals surface area contributed by atoms with Crippen LogP contribution in [0.15, 0.2) is 91.0 Å². The molecule has 0 spiro atoms. The van der Waals surface area contributed by atoms with Crippen molar-refractivity contribution in [2.45, 2.75) is 51.8 Å². The van der Waals surface area contributed by atoms with E-state index in [2.05, 4.69) is 5.32 Å². The lowest BCUT2D eigenvalue weighted by Crippen LogP contribution is -2.53. The summed E-state index contributed by atoms with van der Waals surface area (Å²) in [5.41, 5.74) is 0.0394. The second kappa shape index (κ2) is 13.2. The molecule has 1 heterocycles. The van der Waals surface area contributed by atoms with E-state index >= 15 is 0 Å². The number of amides is 2. The molecule has 1 aliphatic rings. The van der Waals surface area contributed by atoms with E-state index in [1.54, 1.807) is 35.2 Å². The van der Waals surface area contributed by atoms with Crippen molar-refractivity contribution in [3.8, 4) is 11.5 Å². The molecule has 1 N–H and O–H groups in total. The Bertz CT molecular complexity index is 1630. The number of nitrogens with one attached hydrogen (secondary N) is 1. The minimum Gasteiger partial charge on any atom is -0.457 e. The highest BCUT2D eigenvalue weighted by Crippen LogP contribution is 2.34. The molecule has 4 aromatic carbocycles. The van der Waals surface area contributed by atoms with Crippen LogP contribution < -0.4 is 10.1 Å². The molecule has 1 fully saturated rings. The lowest BCUT2D eigenvalue weighted by Gasteiger charge is -2.41. The summed E-state index contributed by atoms with van der Waals surface area (Å²) >= 11 is 0. The minimum atomic E-state index is -4.43. The molecule has 236 valence electrons. The SMILES string of the molecule is CC(C)(C)OC(=O)N1CC(C[C@@H](NC(=O)c2ccc3c(Oc4ccc(C(F)(F)F)cc4)cccc3c2)OCc2ccccc2)C1. The third-order valence-electron chi connectivity index (χ3n) is 7.25. The summed E-state index contributed by atoms with van der Waals surface area (Å²) in [6.45, 7) is 6.79. The van der Waals surface area contributed by atoms with Crippen molar-refractivity contribution in [2.75, 3.05) is 13.1 Å². The zero-order chi connectivity index (χ0) is 32.2. The zero-order valence-electron chi connectivity index (χ0n) is 25.3. The van der Waals surface area contributed by atoms with Crippen LogP contribution in [0.4, 0.5) is 18.0 Å². The highest BCUT2D eigenvalue weighted by molar-refractivity contribution is 6.00. The zero-order valence-corrected chi connectivity index (χ0v) is 25.3. The molecule has 0 aliphatic carbocycles. The van der Waals surface area contributed by atoms with E-state index in [9.17, 15) is 22.8 Å². The fraction of sp³-hybridized carbons (Fsp3) is 0.314. The first-order valence-corrected chi connectivity index (χ1v) is 14.7. The average molecular weight is 621 g/mol. The van der Waals surface area contributed by atoms with E-state index < -0.39 is 23.6 Å². The Labute approximate surface area is 259 Å². The van der Waals surface area contributed by atoms with Gasteiger partial charge in [0, 0.05) is 24.0 Å². The van der Waals surface area contributed by atoms with E-state index in [1.807, 2.05) is 57.2 Å². The summed E-state index contributed by atoms with van der Waals surface area (Å²) in [6, 6.07) is 24.6. The van der Waals surface area contributed by atoms with Gasteiger partial charge in [-0.3, -0.25) is 4.79 Å². The van der Waals surface area contributed by atoms with Crippen molar-refractivity contribution in [1.29, 1.82) is 0 Å². The van der Waals surface area contributed by atoms with Gasteiger partial charge in [-0.05, 0) is 92.6 Å². The smallest absolute Gasteiger partial charge is 0.416 e. The molecular formula is C35H35F3N2O5. The number of rotatable bonds is 9. The Kier molecular flexibility index (Phi) is 9.34. The molecule has 4 aromatic rings. The molecule has 0 radical (unpaired) electrons. The number of hydrogen-bond acceptors (Lipinski definition) is 5. The van der Waals surface area contributed by atoms with Crippen molar-refractivity contribution in [3.05, 3.63) is 108 Å². The molecule has 10 heteroatoms. The fourth-order valence-corrected chi connectivity index (χ4v) is 4.99. The number of carbonyl (C=O) groups is 2. The maximum absolute atomic E-state index is 13.4. The van der Waals surface area contributed by atoms with Crippen LogP contribution in [0, 0.1) is 5.92 Å². The predicted octanol–water partition coefficient (Wildman–Crippen LogP) is 8.18. The maximum Gasteiger partial charge on any atom is 0.416 e. The molecule has 1 saturated heterocycles. The van der Waals surface area contributed by atoms with Crippen molar-refractivity contribution >= 4 is 22.8 Å². The summed E-state index contributed by atoms with van der Waals surface area (Å²) < 4.78 is 56.3. The van der Waals surface area contributed by atoms with Crippen molar-refractivity contribution in [2.24, 2.45) is 5.92 Å². The standard InChI is InChI=1S/C35H35F3N2O5/c1-34(2,3)45-33(42)40-20-24(21-40)18-31(43-22-23-8-5-4-6-9-23)39-32(41)26-12-17-29-25(19-26)10-7-11-30(29)44-28-15-13-27(14-16-28)35(36,37)38/h4-17,19,24,31H,18,20-22H2,1-3H3,(H,39,41)/t31-/m0/s1. The third-order valence-corrected chi connectivity index (χ3v) is 7.25. The van der Waals surface area contributed by atoms with Gasteiger partial charge in [0.1, 0.15) is 23.3 Å². The summed E-state index contributed by atoms with van der Waals surface area (Å²) in [5.74, 6) is 0.507. The summed E-state index contributed by atoms with van der Waals surface area (Å²) in [4.78, 5) is 27.4. The largest absolute Gasteiger partial charge is 0.457 e. The number of fused-ring (bicyclic) bond motifs is 1. The van der Waals surface area contributed by atoms with E-state index in [4.69, 9.17) is 14.2 Å². The number of hydrogen-bond donors (Lipinski definition) is 1. The van der Waals surface area contributed by atoms with Gasteiger partial charge in [0.2, 0.25) is 0 Å². The van der Waals surface area contributed by atoms with Gasteiger partial charge in [-0.2, -0.15) is 13.2 Å². The van der Waals surface area contributed by atoms with Crippen molar-refractivity contribution in [1.82, 2.24) is 10.2 Å². The molecule has 5 rings (SSSR count). The average Bonchev–Trinajstić information content (AvgIpc) is 2.96. The maximum atomic E-state index is 13.4. The molecule has 0 saturated carbocycles. The van der Waals surface area contributed by atoms with Crippen LogP contribution in [0.25, 0.3) is 10.8 Å². The molecule has 1 aliphatic heterocycles. The molecule has 1 atom stereocenters. The van der Waals surface area contributed by atoms with Gasteiger partial charge in [0.25, 0.3) is 5.91 Å². The Morgan fingerprint density at radius 2 is 1.62 bits per heavy atom. The monoisotopic (exact) mass is 620 g/mol. The first kappa shape index (κ1) is 31.8. The van der Waals surface area contributed by atoms with E-state index in [-0.39, 0.29) is 23.7 Å². The number of carbonyl (C=O) groups excluding carboxylic acids is 2. The third kappa shape index (κ3) is 8.54. The number of ether oxygens (including phenoxy) is 3. The molecule has 0 aromatic heterocycles. The molecular weight excluding hydrogens is 585 g/mol. The van der Waals surface area contributed by atoms with Crippen molar-refractivity contribution < 1.29 is 37.0 Å². The van der Waals surface area contributed by atoms with E-state index in [0.29, 0.717) is 42.8 Å². The first-order chi connectivity index (χ1) is 21.3. The highest BCUT2D eigenvalue weighted by Gasteiger charge is 2.35. The van der Waals surface area contributed by atoms with Gasteiger partial charge < -0.3 is 24.4 Å². The molecule has 0 unspecified atom stereocenters. The Morgan fingerprint density at radius 3 is 2.29 bits per heavy atom. The first-order valence-electron chi connectivity index (χ1n) is 14.7. The van der Waals surface area contributed by atoms with Crippen LogP contribution in [0.3, 0.4) is 0 Å². The van der Waals surface area contributed by atoms with Gasteiger partial charge in [0.05, 0.1) is 12.2 Å². The normalized spacial score (nSPS) is 14.5. The number of benzene rings is 4. The van der Waals surface area contributed by atoms with Gasteiger partial charge in [0.15, 0.2) is 0 Å². The van der Waals surface area contributed by atoms with Crippen LogP contribution in [-0.2, 0) is 22.3 Å². The summed E-state index contributed by atoms with van der Waals surface area (Å²) in [5, 5.41) is 4.42. The van der Waals surface area contributed by atoms with Gasteiger partial charge in [-0.15, -0.1) is 0 Å². The lowest BCUT2D eigenvalue weighted by molar-refractivity contribution is -0.137. The predicted molar refractivity (Wildman–Crippen MR) is 164 cm³/mol. The molecule has 0 bridgehead atoms. The number of halogens is 3. The number of nitrogens with zero attached hydrogens (tertiary/aromatic N) is 1. The van der Waals surface area contributed by atoms with Crippen molar-refractivity contribution in [3.63, 3.8) is 0 Å². The fourth-order valence-electron chi connectivity index (χ4n) is 4.99. The summed E-state index contributed by atoms with van der Waals surface area (Å²) in [6.07, 6.45) is -4.88. The highest BCUT2D eigenvalue weighted by atomic mass is 19.4. The summed E-state index contributed by atoms with van der Waals surface area (Å²) in [7, 11) is 0. The molecule has 7 nitrogen and oxygen atoms in total. The Hall–Kier alpha value is -4.57. The second-order valence-electron chi connectivity index (χ2n) is 12.1. The van der Waals surface area contributed by atoms with Crippen LogP contribution in [-0.4, -0.2) is 41.8 Å². The van der Waals surface area contributed by atoms with Crippen LogP contribution >= 0.6 is 0 Å². The van der Waals surface area contributed by atoms with Gasteiger partial charge >= 0.3 is 12.3 Å². The topological polar surface area (TPSA) is 77.1 Å². The number of alkyl halides is 3. The Morgan fingerprint density at radius 1 is 0.911 bits per heavy atom. The number of likely N-dealkylation sites (tertiary alicyclic amines) is 1. The minimum absolute atomic E-state index is 0.125. The van der Waals surface area contributed by atoms with Crippen LogP contribution in [0.1, 0.15) is 48.7 Å². The van der Waals surface area contributed by atoms with Gasteiger partial charge in [-0.25, -0.2) is 4.79 Å².